The molecule has 2 nitrogen and oxygen atoms in total. The molecule has 106 valence electrons. The molecule has 0 saturated heterocycles. The van der Waals surface area contributed by atoms with Crippen LogP contribution in [0.1, 0.15) is 25.5 Å². The average Bonchev–Trinajstić information content (AvgIpc) is 2.43. The summed E-state index contributed by atoms with van der Waals surface area (Å²) in [5.41, 5.74) is 7.26. The highest BCUT2D eigenvalue weighted by molar-refractivity contribution is 5.68. The maximum Gasteiger partial charge on any atom is 0.147 e. The molecule has 0 unspecified atom stereocenters. The van der Waals surface area contributed by atoms with E-state index in [0.717, 1.165) is 0 Å². The van der Waals surface area contributed by atoms with Gasteiger partial charge in [-0.15, -0.1) is 0 Å². The first-order valence-electron chi connectivity index (χ1n) is 6.62. The van der Waals surface area contributed by atoms with Crippen LogP contribution >= 0.6 is 0 Å². The highest BCUT2D eigenvalue weighted by Crippen LogP contribution is 2.34. The molecular formula is C16H18F2N2. The molecule has 2 N–H and O–H groups in total. The van der Waals surface area contributed by atoms with Gasteiger partial charge in [0.25, 0.3) is 0 Å². The molecule has 0 amide bonds. The molecule has 0 aromatic heterocycles. The van der Waals surface area contributed by atoms with Gasteiger partial charge in [0, 0.05) is 12.6 Å². The molecule has 2 aromatic carbocycles. The molecule has 0 aliphatic heterocycles. The van der Waals surface area contributed by atoms with Gasteiger partial charge in [-0.1, -0.05) is 24.3 Å². The zero-order valence-electron chi connectivity index (χ0n) is 11.6. The SMILES string of the molecule is CCN(c1ccccc1F)c1c(F)cccc1[C@@H](C)N. The molecule has 0 bridgehead atoms. The zero-order valence-corrected chi connectivity index (χ0v) is 11.6. The first-order chi connectivity index (χ1) is 9.56. The van der Waals surface area contributed by atoms with Crippen molar-refractivity contribution in [2.45, 2.75) is 19.9 Å². The van der Waals surface area contributed by atoms with Gasteiger partial charge in [0.05, 0.1) is 11.4 Å². The Morgan fingerprint density at radius 1 is 1.05 bits per heavy atom. The quantitative estimate of drug-likeness (QED) is 0.909. The Kier molecular flexibility index (Phi) is 4.35. The van der Waals surface area contributed by atoms with Crippen LogP contribution in [0.25, 0.3) is 0 Å². The summed E-state index contributed by atoms with van der Waals surface area (Å²) in [6.45, 7) is 4.08. The predicted octanol–water partition coefficient (Wildman–Crippen LogP) is 4.14. The van der Waals surface area contributed by atoms with Gasteiger partial charge in [0.15, 0.2) is 0 Å². The Morgan fingerprint density at radius 3 is 2.30 bits per heavy atom. The van der Waals surface area contributed by atoms with Crippen molar-refractivity contribution < 1.29 is 8.78 Å². The number of benzene rings is 2. The third-order valence-electron chi connectivity index (χ3n) is 3.24. The summed E-state index contributed by atoms with van der Waals surface area (Å²) in [6, 6.07) is 10.8. The predicted molar refractivity (Wildman–Crippen MR) is 78.1 cm³/mol. The maximum absolute atomic E-state index is 14.2. The molecule has 1 atom stereocenters. The second-order valence-corrected chi connectivity index (χ2v) is 4.66. The normalized spacial score (nSPS) is 12.2. The van der Waals surface area contributed by atoms with Gasteiger partial charge in [0.2, 0.25) is 0 Å². The first kappa shape index (κ1) is 14.5. The van der Waals surface area contributed by atoms with Crippen molar-refractivity contribution in [3.05, 3.63) is 59.7 Å². The third-order valence-corrected chi connectivity index (χ3v) is 3.24. The minimum atomic E-state index is -0.398. The van der Waals surface area contributed by atoms with Gasteiger partial charge in [-0.2, -0.15) is 0 Å². The van der Waals surface area contributed by atoms with Gasteiger partial charge in [0.1, 0.15) is 11.6 Å². The molecule has 0 fully saturated rings. The van der Waals surface area contributed by atoms with E-state index in [1.165, 1.54) is 12.1 Å². The monoisotopic (exact) mass is 276 g/mol. The van der Waals surface area contributed by atoms with E-state index in [0.29, 0.717) is 23.5 Å². The van der Waals surface area contributed by atoms with Crippen LogP contribution in [0.15, 0.2) is 42.5 Å². The van der Waals surface area contributed by atoms with Crippen LogP contribution in [-0.2, 0) is 0 Å². The molecule has 0 aliphatic carbocycles. The number of rotatable bonds is 4. The van der Waals surface area contributed by atoms with E-state index in [-0.39, 0.29) is 11.9 Å². The smallest absolute Gasteiger partial charge is 0.147 e. The van der Waals surface area contributed by atoms with Crippen molar-refractivity contribution in [2.24, 2.45) is 5.73 Å². The van der Waals surface area contributed by atoms with E-state index in [1.54, 1.807) is 42.2 Å². The molecule has 4 heteroatoms. The van der Waals surface area contributed by atoms with Gasteiger partial charge in [-0.3, -0.25) is 0 Å². The average molecular weight is 276 g/mol. The topological polar surface area (TPSA) is 29.3 Å². The van der Waals surface area contributed by atoms with Gasteiger partial charge in [-0.05, 0) is 37.6 Å². The van der Waals surface area contributed by atoms with E-state index in [9.17, 15) is 8.78 Å². The molecule has 0 spiro atoms. The Bertz CT molecular complexity index is 597. The Balaban J connectivity index is 2.61. The van der Waals surface area contributed by atoms with Crippen molar-refractivity contribution in [1.29, 1.82) is 0 Å². The van der Waals surface area contributed by atoms with E-state index in [1.807, 2.05) is 6.92 Å². The number of halogens is 2. The number of para-hydroxylation sites is 2. The summed E-state index contributed by atoms with van der Waals surface area (Å²) in [7, 11) is 0. The van der Waals surface area contributed by atoms with Gasteiger partial charge >= 0.3 is 0 Å². The highest BCUT2D eigenvalue weighted by Gasteiger charge is 2.20. The summed E-state index contributed by atoms with van der Waals surface area (Å²) < 4.78 is 28.2. The van der Waals surface area contributed by atoms with Gasteiger partial charge < -0.3 is 10.6 Å². The number of nitrogens with zero attached hydrogens (tertiary/aromatic N) is 1. The Morgan fingerprint density at radius 2 is 1.70 bits per heavy atom. The lowest BCUT2D eigenvalue weighted by Crippen LogP contribution is -2.22. The highest BCUT2D eigenvalue weighted by atomic mass is 19.1. The largest absolute Gasteiger partial charge is 0.337 e. The second kappa shape index (κ2) is 6.01. The van der Waals surface area contributed by atoms with E-state index >= 15 is 0 Å². The molecule has 0 heterocycles. The van der Waals surface area contributed by atoms with Crippen LogP contribution in [0.3, 0.4) is 0 Å². The van der Waals surface area contributed by atoms with Crippen molar-refractivity contribution in [1.82, 2.24) is 0 Å². The van der Waals surface area contributed by atoms with Crippen molar-refractivity contribution in [3.63, 3.8) is 0 Å². The Labute approximate surface area is 117 Å². The van der Waals surface area contributed by atoms with Crippen LogP contribution in [0.4, 0.5) is 20.2 Å². The fourth-order valence-corrected chi connectivity index (χ4v) is 2.30. The molecule has 20 heavy (non-hydrogen) atoms. The van der Waals surface area contributed by atoms with E-state index in [4.69, 9.17) is 5.73 Å². The number of hydrogen-bond donors (Lipinski definition) is 1. The lowest BCUT2D eigenvalue weighted by molar-refractivity contribution is 0.610. The molecular weight excluding hydrogens is 258 g/mol. The minimum Gasteiger partial charge on any atom is -0.337 e. The molecule has 0 saturated carbocycles. The standard InChI is InChI=1S/C16H18F2N2/c1-3-20(15-10-5-4-8-13(15)17)16-12(11(2)19)7-6-9-14(16)18/h4-11H,3,19H2,1-2H3/t11-/m1/s1. The number of nitrogens with two attached hydrogens (primary N) is 1. The second-order valence-electron chi connectivity index (χ2n) is 4.66. The fourth-order valence-electron chi connectivity index (χ4n) is 2.30. The van der Waals surface area contributed by atoms with Gasteiger partial charge in [-0.25, -0.2) is 8.78 Å². The lowest BCUT2D eigenvalue weighted by atomic mass is 10.0. The fraction of sp³-hybridized carbons (Fsp3) is 0.250. The molecule has 0 aliphatic rings. The minimum absolute atomic E-state index is 0.332. The molecule has 2 aromatic rings. The van der Waals surface area contributed by atoms with E-state index < -0.39 is 5.82 Å². The van der Waals surface area contributed by atoms with Crippen molar-refractivity contribution >= 4 is 11.4 Å². The van der Waals surface area contributed by atoms with Crippen molar-refractivity contribution in [2.75, 3.05) is 11.4 Å². The Hall–Kier alpha value is -1.94. The van der Waals surface area contributed by atoms with Crippen LogP contribution in [0, 0.1) is 11.6 Å². The van der Waals surface area contributed by atoms with Crippen LogP contribution in [0.5, 0.6) is 0 Å². The summed E-state index contributed by atoms with van der Waals surface area (Å²) in [5.74, 6) is -0.780. The van der Waals surface area contributed by atoms with Crippen LogP contribution in [-0.4, -0.2) is 6.54 Å². The molecule has 2 rings (SSSR count). The summed E-state index contributed by atoms with van der Waals surface area (Å²) in [6.07, 6.45) is 0. The first-order valence-corrected chi connectivity index (χ1v) is 6.62. The van der Waals surface area contributed by atoms with E-state index in [2.05, 4.69) is 0 Å². The lowest BCUT2D eigenvalue weighted by Gasteiger charge is -2.27. The van der Waals surface area contributed by atoms with Crippen molar-refractivity contribution in [3.8, 4) is 0 Å². The van der Waals surface area contributed by atoms with Crippen LogP contribution < -0.4 is 10.6 Å². The zero-order chi connectivity index (χ0) is 14.7. The number of hydrogen-bond acceptors (Lipinski definition) is 2. The maximum atomic E-state index is 14.2. The van der Waals surface area contributed by atoms with Crippen LogP contribution in [0.2, 0.25) is 0 Å². The summed E-state index contributed by atoms with van der Waals surface area (Å²) in [4.78, 5) is 1.61. The molecule has 0 radical (unpaired) electrons. The summed E-state index contributed by atoms with van der Waals surface area (Å²) >= 11 is 0. The number of anilines is 2. The summed E-state index contributed by atoms with van der Waals surface area (Å²) in [5, 5.41) is 0. The third kappa shape index (κ3) is 2.65.